The Hall–Kier alpha value is -2.91. The van der Waals surface area contributed by atoms with E-state index in [1.807, 2.05) is 25.7 Å². The molecule has 41 heavy (non-hydrogen) atoms. The Kier molecular flexibility index (Phi) is 9.19. The molecule has 4 atom stereocenters. The summed E-state index contributed by atoms with van der Waals surface area (Å²) in [6.45, 7) is 10.6. The molecule has 2 amide bonds. The van der Waals surface area contributed by atoms with Crippen LogP contribution >= 0.6 is 0 Å². The number of benzene rings is 2. The van der Waals surface area contributed by atoms with E-state index in [-0.39, 0.29) is 46.7 Å². The third-order valence-electron chi connectivity index (χ3n) is 8.85. The van der Waals surface area contributed by atoms with Crippen molar-refractivity contribution >= 4 is 21.7 Å². The predicted octanol–water partition coefficient (Wildman–Crippen LogP) is 4.37. The molecule has 8 nitrogen and oxygen atoms in total. The number of sulfone groups is 1. The lowest BCUT2D eigenvalue weighted by Crippen LogP contribution is -2.53. The minimum absolute atomic E-state index is 0.0198. The van der Waals surface area contributed by atoms with Crippen LogP contribution in [0.25, 0.3) is 0 Å². The number of nitrogens with zero attached hydrogens (tertiary/aromatic N) is 2. The fraction of sp³-hybridized carbons (Fsp3) is 0.562. The van der Waals surface area contributed by atoms with Crippen molar-refractivity contribution in [3.05, 3.63) is 59.7 Å². The number of nitrogens with one attached hydrogen (secondary N) is 1. The highest BCUT2D eigenvalue weighted by molar-refractivity contribution is 7.91. The van der Waals surface area contributed by atoms with Gasteiger partial charge in [0.2, 0.25) is 5.91 Å². The van der Waals surface area contributed by atoms with E-state index in [9.17, 15) is 23.1 Å². The van der Waals surface area contributed by atoms with Crippen LogP contribution in [0.5, 0.6) is 5.75 Å². The molecule has 4 rings (SSSR count). The number of rotatable bonds is 8. The van der Waals surface area contributed by atoms with Crippen molar-refractivity contribution in [3.63, 3.8) is 0 Å². The molecule has 1 unspecified atom stereocenters. The quantitative estimate of drug-likeness (QED) is 0.478. The van der Waals surface area contributed by atoms with Crippen LogP contribution in [-0.4, -0.2) is 78.7 Å². The summed E-state index contributed by atoms with van der Waals surface area (Å²) >= 11 is 0. The van der Waals surface area contributed by atoms with E-state index in [1.54, 1.807) is 42.5 Å². The molecule has 2 N–H and O–H groups in total. The summed E-state index contributed by atoms with van der Waals surface area (Å²) in [6.07, 6.45) is 2.76. The topological polar surface area (TPSA) is 107 Å². The van der Waals surface area contributed by atoms with Gasteiger partial charge in [-0.3, -0.25) is 9.59 Å². The van der Waals surface area contributed by atoms with E-state index < -0.39 is 15.9 Å². The second kappa shape index (κ2) is 12.1. The van der Waals surface area contributed by atoms with E-state index >= 15 is 0 Å². The van der Waals surface area contributed by atoms with Crippen LogP contribution in [0.3, 0.4) is 0 Å². The molecule has 2 aliphatic rings. The van der Waals surface area contributed by atoms with Gasteiger partial charge in [-0.25, -0.2) is 8.42 Å². The van der Waals surface area contributed by atoms with Crippen molar-refractivity contribution in [1.82, 2.24) is 15.1 Å². The number of carbonyl (C=O) groups is 2. The second-order valence-corrected chi connectivity index (χ2v) is 15.0. The molecule has 2 fully saturated rings. The smallest absolute Gasteiger partial charge is 0.251 e. The molecule has 0 aromatic heterocycles. The minimum Gasteiger partial charge on any atom is -0.508 e. The lowest BCUT2D eigenvalue weighted by Gasteiger charge is -2.44. The number of hydrogen-bond acceptors (Lipinski definition) is 6. The molecule has 1 saturated carbocycles. The molecule has 1 aliphatic carbocycles. The summed E-state index contributed by atoms with van der Waals surface area (Å²) in [5.41, 5.74) is 0.705. The van der Waals surface area contributed by atoms with Crippen molar-refractivity contribution in [3.8, 4) is 5.75 Å². The Morgan fingerprint density at radius 2 is 1.78 bits per heavy atom. The van der Waals surface area contributed by atoms with E-state index in [0.717, 1.165) is 12.8 Å². The zero-order valence-corrected chi connectivity index (χ0v) is 25.9. The standard InChI is InChI=1S/C32H45N3O5S/c1-21(2)34(6)24-13-14-28(23(18-24)20-41(39,40)25-10-8-7-9-11-25)35-17-16-27(31(35)38)33-30(37)22-12-15-29(36)26(19-22)32(3,4)5/h7-12,15,19,21,23-24,27-28,36H,13-14,16-18,20H2,1-6H3,(H,33,37)/t23-,24-,27?,28-/m1/s1. The number of hydrogen-bond donors (Lipinski definition) is 2. The molecular weight excluding hydrogens is 538 g/mol. The number of phenols is 1. The zero-order valence-electron chi connectivity index (χ0n) is 25.1. The lowest BCUT2D eigenvalue weighted by atomic mass is 9.81. The summed E-state index contributed by atoms with van der Waals surface area (Å²) in [7, 11) is -1.46. The molecule has 1 aliphatic heterocycles. The number of likely N-dealkylation sites (tertiary alicyclic amines) is 1. The Morgan fingerprint density at radius 1 is 1.10 bits per heavy atom. The molecule has 0 spiro atoms. The van der Waals surface area contributed by atoms with Gasteiger partial charge in [0.25, 0.3) is 5.91 Å². The minimum atomic E-state index is -3.54. The summed E-state index contributed by atoms with van der Waals surface area (Å²) in [4.78, 5) is 31.3. The Bertz CT molecular complexity index is 1350. The van der Waals surface area contributed by atoms with Gasteiger partial charge < -0.3 is 20.2 Å². The summed E-state index contributed by atoms with van der Waals surface area (Å²) in [6, 6.07) is 13.0. The third kappa shape index (κ3) is 6.95. The van der Waals surface area contributed by atoms with Gasteiger partial charge in [-0.2, -0.15) is 0 Å². The van der Waals surface area contributed by atoms with Gasteiger partial charge in [0.05, 0.1) is 10.6 Å². The number of phenolic OH excluding ortho intramolecular Hbond substituents is 1. The Labute approximate surface area is 245 Å². The van der Waals surface area contributed by atoms with Gasteiger partial charge in [-0.15, -0.1) is 0 Å². The van der Waals surface area contributed by atoms with Gasteiger partial charge in [0.15, 0.2) is 9.84 Å². The largest absolute Gasteiger partial charge is 0.508 e. The maximum Gasteiger partial charge on any atom is 0.251 e. The molecule has 1 heterocycles. The van der Waals surface area contributed by atoms with Gasteiger partial charge in [0.1, 0.15) is 11.8 Å². The molecule has 9 heteroatoms. The van der Waals surface area contributed by atoms with Crippen LogP contribution in [0.15, 0.2) is 53.4 Å². The van der Waals surface area contributed by atoms with Gasteiger partial charge in [0, 0.05) is 35.8 Å². The molecular formula is C32H45N3O5S. The van der Waals surface area contributed by atoms with Crippen molar-refractivity contribution in [2.24, 2.45) is 5.92 Å². The molecule has 224 valence electrons. The first kappa shape index (κ1) is 31.0. The number of aromatic hydroxyl groups is 1. The molecule has 2 aromatic carbocycles. The monoisotopic (exact) mass is 583 g/mol. The van der Waals surface area contributed by atoms with Gasteiger partial charge >= 0.3 is 0 Å². The van der Waals surface area contributed by atoms with E-state index in [1.165, 1.54) is 6.07 Å². The average molecular weight is 584 g/mol. The summed E-state index contributed by atoms with van der Waals surface area (Å²) < 4.78 is 26.9. The number of carbonyl (C=O) groups excluding carboxylic acids is 2. The highest BCUT2D eigenvalue weighted by Gasteiger charge is 2.44. The van der Waals surface area contributed by atoms with Crippen LogP contribution in [0, 0.1) is 5.92 Å². The van der Waals surface area contributed by atoms with Gasteiger partial charge in [-0.05, 0) is 88.2 Å². The summed E-state index contributed by atoms with van der Waals surface area (Å²) in [5.74, 6) is -0.622. The van der Waals surface area contributed by atoms with Crippen LogP contribution in [-0.2, 0) is 20.0 Å². The first-order valence-corrected chi connectivity index (χ1v) is 16.3. The van der Waals surface area contributed by atoms with Crippen molar-refractivity contribution in [2.45, 2.75) is 94.8 Å². The predicted molar refractivity (Wildman–Crippen MR) is 161 cm³/mol. The van der Waals surface area contributed by atoms with Crippen LogP contribution in [0.1, 0.15) is 76.2 Å². The Morgan fingerprint density at radius 3 is 2.41 bits per heavy atom. The number of amides is 2. The van der Waals surface area contributed by atoms with Crippen molar-refractivity contribution in [2.75, 3.05) is 19.3 Å². The molecule has 0 radical (unpaired) electrons. The fourth-order valence-electron chi connectivity index (χ4n) is 6.29. The lowest BCUT2D eigenvalue weighted by molar-refractivity contribution is -0.133. The van der Waals surface area contributed by atoms with Crippen molar-refractivity contribution in [1.29, 1.82) is 0 Å². The molecule has 1 saturated heterocycles. The average Bonchev–Trinajstić information content (AvgIpc) is 3.27. The highest BCUT2D eigenvalue weighted by Crippen LogP contribution is 2.36. The zero-order chi connectivity index (χ0) is 30.1. The maximum absolute atomic E-state index is 13.7. The van der Waals surface area contributed by atoms with E-state index in [0.29, 0.717) is 41.5 Å². The summed E-state index contributed by atoms with van der Waals surface area (Å²) in [5, 5.41) is 13.2. The SMILES string of the molecule is CC(C)N(C)[C@@H]1CC[C@@H](N2CCC(NC(=O)c3ccc(O)c(C(C)(C)C)c3)C2=O)[C@@H](CS(=O)(=O)c2ccccc2)C1. The first-order chi connectivity index (χ1) is 19.2. The maximum atomic E-state index is 13.7. The second-order valence-electron chi connectivity index (χ2n) is 13.0. The first-order valence-electron chi connectivity index (χ1n) is 14.6. The van der Waals surface area contributed by atoms with E-state index in [2.05, 4.69) is 31.1 Å². The van der Waals surface area contributed by atoms with Crippen LogP contribution in [0.4, 0.5) is 0 Å². The van der Waals surface area contributed by atoms with Crippen LogP contribution in [0.2, 0.25) is 0 Å². The van der Waals surface area contributed by atoms with Gasteiger partial charge in [-0.1, -0.05) is 39.0 Å². The third-order valence-corrected chi connectivity index (χ3v) is 10.7. The van der Waals surface area contributed by atoms with Crippen molar-refractivity contribution < 1.29 is 23.1 Å². The molecule has 0 bridgehead atoms. The fourth-order valence-corrected chi connectivity index (χ4v) is 7.98. The Balaban J connectivity index is 1.52. The van der Waals surface area contributed by atoms with Crippen LogP contribution < -0.4 is 5.32 Å². The highest BCUT2D eigenvalue weighted by atomic mass is 32.2. The van der Waals surface area contributed by atoms with E-state index in [4.69, 9.17) is 0 Å². The normalized spacial score (nSPS) is 23.8. The molecule has 2 aromatic rings.